The fourth-order valence-electron chi connectivity index (χ4n) is 12.8. The lowest BCUT2D eigenvalue weighted by atomic mass is 10.2. The number of aliphatic carboxylic acids is 1. The lowest BCUT2D eigenvalue weighted by molar-refractivity contribution is -0.134. The Balaban J connectivity index is 0.000000161. The number of aryl methyl sites for hydroxylation is 8. The molecule has 30 nitrogen and oxygen atoms in total. The number of allylic oxidation sites excluding steroid dienone is 4. The summed E-state index contributed by atoms with van der Waals surface area (Å²) in [5.74, 6) is 0.636. The Bertz CT molecular complexity index is 7480. The number of fused-ring (bicyclic) bond motifs is 4. The molecule has 34 heteroatoms. The predicted molar refractivity (Wildman–Crippen MR) is 512 cm³/mol. The SMILES string of the molecule is CC(=O)O.Cc1ccc(S(=O)(=O)/C(C#N)=C/c2c(Oc3ccccc3C)nc3ccccn3c2=O)cc1.Cc1ccc(S(=O)(=O)/C(C#N)=C/c2c(Oc3ccccc3C)nc3ccccn3c2=O)cc1.Cc1ccc(S(=O)(=O)/C(C#N)=C/c2c(Oc3ccccc3C)nc3ccccn3c2=O)cc1.Cc1ccc(S(=O)(=O)/C(C#N)=C/c2c(Oc3ccccc3C)nc3ccccn3c2=O)cc1. The van der Waals surface area contributed by atoms with Gasteiger partial charge in [-0.2, -0.15) is 41.0 Å². The molecular formula is C102H80N12O18S4. The summed E-state index contributed by atoms with van der Waals surface area (Å²) in [6, 6.07) is 80.1. The number of carboxylic acid groups (broad SMARTS) is 1. The van der Waals surface area contributed by atoms with Crippen molar-refractivity contribution in [1.82, 2.24) is 37.5 Å². The van der Waals surface area contributed by atoms with Crippen molar-refractivity contribution < 1.29 is 62.5 Å². The maximum atomic E-state index is 13.3. The van der Waals surface area contributed by atoms with E-state index in [1.807, 2.05) is 104 Å². The number of nitrogens with zero attached hydrogens (tertiary/aromatic N) is 12. The van der Waals surface area contributed by atoms with Crippen molar-refractivity contribution in [2.24, 2.45) is 0 Å². The maximum absolute atomic E-state index is 13.3. The van der Waals surface area contributed by atoms with Gasteiger partial charge in [-0.3, -0.25) is 41.6 Å². The number of nitriles is 4. The molecule has 136 heavy (non-hydrogen) atoms. The summed E-state index contributed by atoms with van der Waals surface area (Å²) in [5.41, 5.74) is 5.19. The number of aromatic nitrogens is 8. The van der Waals surface area contributed by atoms with Crippen molar-refractivity contribution in [1.29, 1.82) is 21.0 Å². The molecule has 680 valence electrons. The monoisotopic (exact) mass is 1890 g/mol. The first kappa shape index (κ1) is 97.6. The van der Waals surface area contributed by atoms with Crippen LogP contribution >= 0.6 is 0 Å². The lowest BCUT2D eigenvalue weighted by Crippen LogP contribution is -2.19. The van der Waals surface area contributed by atoms with E-state index in [1.54, 1.807) is 194 Å². The molecule has 0 radical (unpaired) electrons. The summed E-state index contributed by atoms with van der Waals surface area (Å²) in [7, 11) is -16.7. The number of ether oxygens (including phenoxy) is 4. The van der Waals surface area contributed by atoms with Gasteiger partial charge in [-0.05, 0) is 223 Å². The molecule has 0 aliphatic heterocycles. The number of carboxylic acids is 1. The van der Waals surface area contributed by atoms with Gasteiger partial charge in [0.15, 0.2) is 0 Å². The van der Waals surface area contributed by atoms with Gasteiger partial charge < -0.3 is 24.1 Å². The van der Waals surface area contributed by atoms with Gasteiger partial charge in [-0.25, -0.2) is 33.7 Å². The molecular weight excluding hydrogens is 1810 g/mol. The van der Waals surface area contributed by atoms with Gasteiger partial charge in [0.25, 0.3) is 28.2 Å². The fourth-order valence-corrected chi connectivity index (χ4v) is 17.4. The minimum Gasteiger partial charge on any atom is -0.481 e. The quantitative estimate of drug-likeness (QED) is 0.0692. The van der Waals surface area contributed by atoms with Gasteiger partial charge in [0.2, 0.25) is 62.9 Å². The van der Waals surface area contributed by atoms with Crippen LogP contribution in [0.25, 0.3) is 46.9 Å². The molecule has 8 heterocycles. The second-order valence-corrected chi connectivity index (χ2v) is 37.7. The van der Waals surface area contributed by atoms with Crippen LogP contribution in [0.3, 0.4) is 0 Å². The molecule has 0 amide bonds. The average Bonchev–Trinajstić information content (AvgIpc) is 0.780. The Morgan fingerprint density at radius 3 is 0.625 bits per heavy atom. The van der Waals surface area contributed by atoms with E-state index in [9.17, 15) is 73.9 Å². The van der Waals surface area contributed by atoms with Crippen molar-refractivity contribution in [2.75, 3.05) is 0 Å². The van der Waals surface area contributed by atoms with E-state index >= 15 is 0 Å². The molecule has 16 rings (SSSR count). The summed E-state index contributed by atoms with van der Waals surface area (Å²) in [6.07, 6.45) is 10.2. The standard InChI is InChI=1S/4C25H19N3O4S.C2H4O2/c4*1-17-10-12-19(13-11-17)33(30,31)20(16-26)15-21-24(32-22-8-4-3-7-18(22)2)27-23-9-5-6-14-28(23)25(21)29;1-2(3)4/h4*3-15H,1-2H3;1H3,(H,3,4)/b4*20-15+;. The van der Waals surface area contributed by atoms with Crippen molar-refractivity contribution in [3.8, 4) is 70.8 Å². The van der Waals surface area contributed by atoms with E-state index in [0.29, 0.717) is 45.6 Å². The van der Waals surface area contributed by atoms with E-state index in [-0.39, 0.29) is 65.4 Å². The van der Waals surface area contributed by atoms with Crippen LogP contribution in [0.1, 0.15) is 73.7 Å². The molecule has 0 saturated heterocycles. The lowest BCUT2D eigenvalue weighted by Gasteiger charge is -2.12. The normalized spacial score (nSPS) is 11.7. The third kappa shape index (κ3) is 22.6. The van der Waals surface area contributed by atoms with Crippen molar-refractivity contribution >= 4 is 92.2 Å². The molecule has 0 spiro atoms. The fraction of sp³-hybridized carbons (Fsp3) is 0.0882. The van der Waals surface area contributed by atoms with Crippen molar-refractivity contribution in [3.63, 3.8) is 0 Å². The van der Waals surface area contributed by atoms with Crippen LogP contribution in [0.15, 0.2) is 350 Å². The van der Waals surface area contributed by atoms with Crippen molar-refractivity contribution in [2.45, 2.75) is 81.9 Å². The van der Waals surface area contributed by atoms with Crippen LogP contribution in [-0.4, -0.2) is 82.3 Å². The molecule has 0 bridgehead atoms. The molecule has 0 unspecified atom stereocenters. The largest absolute Gasteiger partial charge is 0.481 e. The van der Waals surface area contributed by atoms with E-state index in [0.717, 1.165) is 75.7 Å². The summed E-state index contributed by atoms with van der Waals surface area (Å²) >= 11 is 0. The number of sulfone groups is 4. The van der Waals surface area contributed by atoms with Crippen LogP contribution in [0.4, 0.5) is 0 Å². The van der Waals surface area contributed by atoms with Crippen LogP contribution in [0.5, 0.6) is 46.5 Å². The van der Waals surface area contributed by atoms with E-state index in [2.05, 4.69) is 19.9 Å². The minimum absolute atomic E-state index is 0.0453. The second kappa shape index (κ2) is 42.7. The van der Waals surface area contributed by atoms with E-state index < -0.39 is 87.2 Å². The summed E-state index contributed by atoms with van der Waals surface area (Å²) < 4.78 is 134. The van der Waals surface area contributed by atoms with Gasteiger partial charge >= 0.3 is 0 Å². The molecule has 0 aliphatic rings. The second-order valence-electron chi connectivity index (χ2n) is 30.0. The topological polar surface area (TPSA) is 443 Å². The predicted octanol–water partition coefficient (Wildman–Crippen LogP) is 17.9. The highest BCUT2D eigenvalue weighted by atomic mass is 32.2. The Kier molecular flexibility index (Phi) is 30.6. The molecule has 0 atom stereocenters. The molecule has 0 fully saturated rings. The third-order valence-electron chi connectivity index (χ3n) is 20.2. The van der Waals surface area contributed by atoms with Crippen LogP contribution < -0.4 is 41.2 Å². The molecule has 8 aromatic heterocycles. The molecule has 16 aromatic rings. The average molecular weight is 1890 g/mol. The smallest absolute Gasteiger partial charge is 0.300 e. The highest BCUT2D eigenvalue weighted by Gasteiger charge is 2.30. The minimum atomic E-state index is -4.17. The highest BCUT2D eigenvalue weighted by Crippen LogP contribution is 2.35. The highest BCUT2D eigenvalue weighted by molar-refractivity contribution is 7.96. The van der Waals surface area contributed by atoms with Gasteiger partial charge in [0, 0.05) is 31.7 Å². The van der Waals surface area contributed by atoms with E-state index in [4.69, 9.17) is 28.8 Å². The zero-order valence-electron chi connectivity index (χ0n) is 73.9. The number of hydrogen-bond acceptors (Lipinski definition) is 25. The zero-order valence-corrected chi connectivity index (χ0v) is 77.2. The number of benzene rings is 8. The Morgan fingerprint density at radius 1 is 0.287 bits per heavy atom. The summed E-state index contributed by atoms with van der Waals surface area (Å²) in [6.45, 7) is 15.7. The molecule has 8 aromatic carbocycles. The Hall–Kier alpha value is -17.4. The van der Waals surface area contributed by atoms with Gasteiger partial charge in [0.1, 0.15) is 112 Å². The summed E-state index contributed by atoms with van der Waals surface area (Å²) in [5, 5.41) is 46.2. The number of hydrogen-bond donors (Lipinski definition) is 1. The first-order valence-corrected chi connectivity index (χ1v) is 46.8. The zero-order chi connectivity index (χ0) is 97.9. The van der Waals surface area contributed by atoms with Crippen LogP contribution in [-0.2, 0) is 44.1 Å². The molecule has 0 saturated carbocycles. The van der Waals surface area contributed by atoms with Gasteiger partial charge in [0.05, 0.1) is 19.6 Å². The number of rotatable bonds is 20. The van der Waals surface area contributed by atoms with Crippen LogP contribution in [0, 0.1) is 101 Å². The third-order valence-corrected chi connectivity index (χ3v) is 26.9. The Labute approximate surface area is 780 Å². The number of carbonyl (C=O) groups is 1. The molecule has 1 N–H and O–H groups in total. The van der Waals surface area contributed by atoms with E-state index in [1.165, 1.54) is 90.9 Å². The Morgan fingerprint density at radius 2 is 0.456 bits per heavy atom. The van der Waals surface area contributed by atoms with Gasteiger partial charge in [-0.1, -0.05) is 168 Å². The van der Waals surface area contributed by atoms with Crippen molar-refractivity contribution in [3.05, 3.63) is 420 Å². The maximum Gasteiger partial charge on any atom is 0.300 e. The molecule has 0 aliphatic carbocycles. The summed E-state index contributed by atoms with van der Waals surface area (Å²) in [4.78, 5) is 77.3. The van der Waals surface area contributed by atoms with Gasteiger partial charge in [-0.15, -0.1) is 0 Å². The number of pyridine rings is 4. The first-order valence-electron chi connectivity index (χ1n) is 40.9. The first-order chi connectivity index (χ1) is 65.0. The van der Waals surface area contributed by atoms with Crippen LogP contribution in [0.2, 0.25) is 0 Å². The number of para-hydroxylation sites is 4.